The Balaban J connectivity index is 2.06. The van der Waals surface area contributed by atoms with E-state index in [4.69, 9.17) is 11.2 Å². The Morgan fingerprint density at radius 2 is 2.00 bits per heavy atom. The first-order chi connectivity index (χ1) is 8.20. The largest absolute Gasteiger partial charge is 0.480 e. The molecule has 0 atom stereocenters. The zero-order valence-corrected chi connectivity index (χ0v) is 10.5. The van der Waals surface area contributed by atoms with Gasteiger partial charge in [-0.25, -0.2) is 0 Å². The fraction of sp³-hybridized carbons (Fsp3) is 0.467. The van der Waals surface area contributed by atoms with E-state index < -0.39 is 0 Å². The fourth-order valence-corrected chi connectivity index (χ4v) is 2.03. The summed E-state index contributed by atoms with van der Waals surface area (Å²) < 4.78 is 5.55. The van der Waals surface area contributed by atoms with Crippen molar-refractivity contribution in [2.45, 2.75) is 39.3 Å². The van der Waals surface area contributed by atoms with Gasteiger partial charge in [-0.15, -0.1) is 6.42 Å². The van der Waals surface area contributed by atoms with Gasteiger partial charge >= 0.3 is 0 Å². The lowest BCUT2D eigenvalue weighted by molar-refractivity contribution is 0.365. The van der Waals surface area contributed by atoms with Gasteiger partial charge in [0.15, 0.2) is 0 Å². The minimum atomic E-state index is 0.335. The third kappa shape index (κ3) is 3.25. The average molecular weight is 229 g/mol. The highest BCUT2D eigenvalue weighted by molar-refractivity contribution is 5.43. The normalized spacial score (nSPS) is 14.4. The Labute approximate surface area is 103 Å². The molecular weight excluding hydrogens is 210 g/mol. The van der Waals surface area contributed by atoms with Crippen LogP contribution in [0.4, 0.5) is 0 Å². The van der Waals surface area contributed by atoms with Crippen LogP contribution in [-0.4, -0.2) is 12.6 Å². The van der Waals surface area contributed by atoms with E-state index >= 15 is 0 Å². The van der Waals surface area contributed by atoms with Crippen molar-refractivity contribution in [1.82, 2.24) is 5.32 Å². The van der Waals surface area contributed by atoms with Crippen molar-refractivity contribution in [3.63, 3.8) is 0 Å². The number of hydrogen-bond donors (Lipinski definition) is 1. The fourth-order valence-electron chi connectivity index (χ4n) is 2.03. The molecule has 1 aromatic carbocycles. The third-order valence-corrected chi connectivity index (χ3v) is 2.99. The molecule has 1 N–H and O–H groups in total. The van der Waals surface area contributed by atoms with Crippen molar-refractivity contribution in [1.29, 1.82) is 0 Å². The first-order valence-corrected chi connectivity index (χ1v) is 6.10. The lowest BCUT2D eigenvalue weighted by atomic mass is 10.1. The molecule has 1 aliphatic carbocycles. The van der Waals surface area contributed by atoms with Crippen LogP contribution in [0.3, 0.4) is 0 Å². The Morgan fingerprint density at radius 3 is 2.53 bits per heavy atom. The minimum absolute atomic E-state index is 0.335. The van der Waals surface area contributed by atoms with Crippen LogP contribution in [-0.2, 0) is 6.54 Å². The Kier molecular flexibility index (Phi) is 3.71. The second-order valence-corrected chi connectivity index (χ2v) is 4.71. The van der Waals surface area contributed by atoms with Crippen molar-refractivity contribution in [3.05, 3.63) is 28.8 Å². The Morgan fingerprint density at radius 1 is 1.35 bits per heavy atom. The quantitative estimate of drug-likeness (QED) is 0.784. The summed E-state index contributed by atoms with van der Waals surface area (Å²) >= 11 is 0. The van der Waals surface area contributed by atoms with Gasteiger partial charge in [-0.3, -0.25) is 0 Å². The lowest BCUT2D eigenvalue weighted by Gasteiger charge is -2.13. The van der Waals surface area contributed by atoms with Crippen molar-refractivity contribution in [2.75, 3.05) is 6.61 Å². The molecule has 0 spiro atoms. The van der Waals surface area contributed by atoms with Gasteiger partial charge in [-0.2, -0.15) is 0 Å². The summed E-state index contributed by atoms with van der Waals surface area (Å²) in [5.41, 5.74) is 3.64. The molecular formula is C15H19NO. The number of hydrogen-bond acceptors (Lipinski definition) is 2. The van der Waals surface area contributed by atoms with Gasteiger partial charge in [-0.05, 0) is 43.4 Å². The number of nitrogens with one attached hydrogen (secondary N) is 1. The molecule has 0 aromatic heterocycles. The molecule has 0 saturated heterocycles. The maximum absolute atomic E-state index is 5.55. The first kappa shape index (κ1) is 12.0. The smallest absolute Gasteiger partial charge is 0.148 e. The summed E-state index contributed by atoms with van der Waals surface area (Å²) in [5.74, 6) is 3.43. The molecule has 0 amide bonds. The van der Waals surface area contributed by atoms with Gasteiger partial charge < -0.3 is 10.1 Å². The molecule has 2 heteroatoms. The van der Waals surface area contributed by atoms with Crippen molar-refractivity contribution < 1.29 is 4.74 Å². The summed E-state index contributed by atoms with van der Waals surface area (Å²) in [5, 5.41) is 3.52. The monoisotopic (exact) mass is 229 g/mol. The summed E-state index contributed by atoms with van der Waals surface area (Å²) in [4.78, 5) is 0. The molecule has 2 rings (SSSR count). The molecule has 1 saturated carbocycles. The van der Waals surface area contributed by atoms with Crippen LogP contribution in [0.15, 0.2) is 12.1 Å². The van der Waals surface area contributed by atoms with Crippen LogP contribution < -0.4 is 10.1 Å². The van der Waals surface area contributed by atoms with E-state index in [0.717, 1.165) is 29.5 Å². The Hall–Kier alpha value is -1.46. The van der Waals surface area contributed by atoms with Gasteiger partial charge in [0.2, 0.25) is 0 Å². The highest BCUT2D eigenvalue weighted by Crippen LogP contribution is 2.25. The van der Waals surface area contributed by atoms with Crippen molar-refractivity contribution >= 4 is 0 Å². The Bertz CT molecular complexity index is 418. The van der Waals surface area contributed by atoms with Crippen molar-refractivity contribution in [3.8, 4) is 18.1 Å². The number of ether oxygens (including phenoxy) is 1. The molecule has 0 radical (unpaired) electrons. The molecule has 1 fully saturated rings. The van der Waals surface area contributed by atoms with Gasteiger partial charge in [0.05, 0.1) is 0 Å². The van der Waals surface area contributed by atoms with Crippen LogP contribution in [0.2, 0.25) is 0 Å². The van der Waals surface area contributed by atoms with Gasteiger partial charge in [0, 0.05) is 12.6 Å². The first-order valence-electron chi connectivity index (χ1n) is 6.10. The standard InChI is InChI=1S/C15H19NO/c1-4-7-17-15-11(2)8-13(9-12(15)3)10-16-14-5-6-14/h1,8-9,14,16H,5-7,10H2,2-3H3. The summed E-state index contributed by atoms with van der Waals surface area (Å²) in [6.07, 6.45) is 7.85. The molecule has 90 valence electrons. The molecule has 0 aliphatic heterocycles. The van der Waals surface area contributed by atoms with E-state index in [9.17, 15) is 0 Å². The molecule has 1 aromatic rings. The van der Waals surface area contributed by atoms with E-state index in [1.165, 1.54) is 18.4 Å². The van der Waals surface area contributed by atoms with Crippen molar-refractivity contribution in [2.24, 2.45) is 0 Å². The van der Waals surface area contributed by atoms with E-state index in [-0.39, 0.29) is 0 Å². The second-order valence-electron chi connectivity index (χ2n) is 4.71. The van der Waals surface area contributed by atoms with Gasteiger partial charge in [-0.1, -0.05) is 18.1 Å². The summed E-state index contributed by atoms with van der Waals surface area (Å²) in [7, 11) is 0. The van der Waals surface area contributed by atoms with Crippen LogP contribution in [0, 0.1) is 26.2 Å². The number of rotatable bonds is 5. The SMILES string of the molecule is C#CCOc1c(C)cc(CNC2CC2)cc1C. The van der Waals surface area contributed by atoms with Crippen LogP contribution in [0.25, 0.3) is 0 Å². The molecule has 1 aliphatic rings. The lowest BCUT2D eigenvalue weighted by Crippen LogP contribution is -2.15. The molecule has 0 bridgehead atoms. The highest BCUT2D eigenvalue weighted by atomic mass is 16.5. The van der Waals surface area contributed by atoms with Crippen LogP contribution in [0.5, 0.6) is 5.75 Å². The second kappa shape index (κ2) is 5.25. The van der Waals surface area contributed by atoms with Gasteiger partial charge in [0.1, 0.15) is 12.4 Å². The maximum Gasteiger partial charge on any atom is 0.148 e. The number of benzene rings is 1. The molecule has 0 unspecified atom stereocenters. The zero-order chi connectivity index (χ0) is 12.3. The van der Waals surface area contributed by atoms with E-state index in [2.05, 4.69) is 37.2 Å². The average Bonchev–Trinajstić information content (AvgIpc) is 3.09. The summed E-state index contributed by atoms with van der Waals surface area (Å²) in [6, 6.07) is 5.09. The highest BCUT2D eigenvalue weighted by Gasteiger charge is 2.20. The van der Waals surface area contributed by atoms with Crippen LogP contribution in [0.1, 0.15) is 29.5 Å². The predicted octanol–water partition coefficient (Wildman–Crippen LogP) is 2.57. The molecule has 0 heterocycles. The maximum atomic E-state index is 5.55. The van der Waals surface area contributed by atoms with E-state index in [1.54, 1.807) is 0 Å². The molecule has 17 heavy (non-hydrogen) atoms. The van der Waals surface area contributed by atoms with E-state index in [1.807, 2.05) is 0 Å². The zero-order valence-electron chi connectivity index (χ0n) is 10.5. The third-order valence-electron chi connectivity index (χ3n) is 2.99. The topological polar surface area (TPSA) is 21.3 Å². The number of terminal acetylenes is 1. The minimum Gasteiger partial charge on any atom is -0.480 e. The van der Waals surface area contributed by atoms with Gasteiger partial charge in [0.25, 0.3) is 0 Å². The molecule has 2 nitrogen and oxygen atoms in total. The number of aryl methyl sites for hydroxylation is 2. The van der Waals surface area contributed by atoms with E-state index in [0.29, 0.717) is 6.61 Å². The predicted molar refractivity (Wildman–Crippen MR) is 70.1 cm³/mol. The van der Waals surface area contributed by atoms with Crippen LogP contribution >= 0.6 is 0 Å². The summed E-state index contributed by atoms with van der Waals surface area (Å²) in [6.45, 7) is 5.42.